The fourth-order valence-corrected chi connectivity index (χ4v) is 2.42. The van der Waals surface area contributed by atoms with Gasteiger partial charge in [-0.3, -0.25) is 9.59 Å². The van der Waals surface area contributed by atoms with Crippen LogP contribution in [-0.2, 0) is 9.59 Å². The molecule has 0 amide bonds. The van der Waals surface area contributed by atoms with Crippen LogP contribution in [0.2, 0.25) is 0 Å². The Balaban J connectivity index is 0. The molecule has 0 aliphatic carbocycles. The molecule has 0 spiro atoms. The molecule has 0 bridgehead atoms. The van der Waals surface area contributed by atoms with E-state index in [0.29, 0.717) is 12.8 Å². The molecule has 132 valence electrons. The van der Waals surface area contributed by atoms with Crippen molar-refractivity contribution in [1.29, 1.82) is 0 Å². The van der Waals surface area contributed by atoms with Crippen LogP contribution in [-0.4, -0.2) is 52.8 Å². The lowest BCUT2D eigenvalue weighted by atomic mass is 10.1. The Hall–Kier alpha value is -1.10. The van der Waals surface area contributed by atoms with Crippen LogP contribution in [0.4, 0.5) is 0 Å². The Kier molecular flexibility index (Phi) is 15.6. The number of carboxylic acid groups (broad SMARTS) is 2. The zero-order valence-corrected chi connectivity index (χ0v) is 14.9. The fourth-order valence-electron chi connectivity index (χ4n) is 2.42. The van der Waals surface area contributed by atoms with Crippen molar-refractivity contribution in [2.45, 2.75) is 72.6 Å². The van der Waals surface area contributed by atoms with E-state index in [9.17, 15) is 9.59 Å². The van der Waals surface area contributed by atoms with Crippen molar-refractivity contribution >= 4 is 11.9 Å². The molecule has 0 saturated heterocycles. The number of quaternary nitrogens is 1. The third-order valence-corrected chi connectivity index (χ3v) is 4.46. The third kappa shape index (κ3) is 13.9. The normalized spacial score (nSPS) is 10.7. The molecule has 0 fully saturated rings. The molecule has 5 heteroatoms. The van der Waals surface area contributed by atoms with Crippen molar-refractivity contribution in [1.82, 2.24) is 0 Å². The molecule has 0 rings (SSSR count). The van der Waals surface area contributed by atoms with Gasteiger partial charge in [-0.25, -0.2) is 0 Å². The number of hydrogen-bond donors (Lipinski definition) is 2. The molecule has 0 saturated carbocycles. The van der Waals surface area contributed by atoms with Crippen LogP contribution in [0.3, 0.4) is 0 Å². The largest absolute Gasteiger partial charge is 0.481 e. The van der Waals surface area contributed by atoms with Gasteiger partial charge in [0.2, 0.25) is 0 Å². The maximum absolute atomic E-state index is 10.1. The van der Waals surface area contributed by atoms with Gasteiger partial charge in [-0.1, -0.05) is 19.3 Å². The van der Waals surface area contributed by atoms with Gasteiger partial charge in [0, 0.05) is 12.8 Å². The summed E-state index contributed by atoms with van der Waals surface area (Å²) in [5, 5.41) is 16.6. The molecule has 0 aliphatic heterocycles. The second kappa shape index (κ2) is 14.8. The summed E-state index contributed by atoms with van der Waals surface area (Å²) in [6.07, 6.45) is 4.53. The summed E-state index contributed by atoms with van der Waals surface area (Å²) < 4.78 is 1.28. The van der Waals surface area contributed by atoms with Crippen LogP contribution in [0.15, 0.2) is 0 Å². The van der Waals surface area contributed by atoms with Gasteiger partial charge in [0.05, 0.1) is 26.2 Å². The summed E-state index contributed by atoms with van der Waals surface area (Å²) in [7, 11) is 0. The Morgan fingerprint density at radius 2 is 0.909 bits per heavy atom. The molecule has 0 radical (unpaired) electrons. The highest BCUT2D eigenvalue weighted by atomic mass is 16.4. The lowest BCUT2D eigenvalue weighted by Gasteiger charge is -2.34. The first-order valence-corrected chi connectivity index (χ1v) is 8.66. The first-order valence-electron chi connectivity index (χ1n) is 8.66. The van der Waals surface area contributed by atoms with E-state index < -0.39 is 11.9 Å². The van der Waals surface area contributed by atoms with Crippen LogP contribution in [0.5, 0.6) is 0 Å². The molecule has 22 heavy (non-hydrogen) atoms. The van der Waals surface area contributed by atoms with E-state index in [1.54, 1.807) is 0 Å². The summed E-state index contributed by atoms with van der Waals surface area (Å²) in [6.45, 7) is 14.2. The lowest BCUT2D eigenvalue weighted by Crippen LogP contribution is -2.47. The number of unbranched alkanes of at least 4 members (excludes halogenated alkanes) is 4. The maximum atomic E-state index is 10.1. The molecule has 2 N–H and O–H groups in total. The van der Waals surface area contributed by atoms with Gasteiger partial charge in [0.25, 0.3) is 0 Å². The highest BCUT2D eigenvalue weighted by molar-refractivity contribution is 5.66. The van der Waals surface area contributed by atoms with Gasteiger partial charge in [-0.2, -0.15) is 0 Å². The average molecular weight is 318 g/mol. The summed E-state index contributed by atoms with van der Waals surface area (Å²) in [5.74, 6) is -1.52. The third-order valence-electron chi connectivity index (χ3n) is 4.46. The second-order valence-electron chi connectivity index (χ2n) is 5.66. The van der Waals surface area contributed by atoms with Gasteiger partial charge < -0.3 is 14.7 Å². The van der Waals surface area contributed by atoms with Crippen molar-refractivity contribution in [3.8, 4) is 0 Å². The van der Waals surface area contributed by atoms with Crippen molar-refractivity contribution in [3.63, 3.8) is 0 Å². The first-order chi connectivity index (χ1) is 10.4. The molecule has 0 heterocycles. The quantitative estimate of drug-likeness (QED) is 0.424. The molecule has 5 nitrogen and oxygen atoms in total. The zero-order valence-electron chi connectivity index (χ0n) is 14.9. The molecular formula is C17H36NO4+. The first kappa shape index (κ1) is 23.2. The molecule has 0 atom stereocenters. The number of hydrogen-bond acceptors (Lipinski definition) is 2. The number of carbonyl (C=O) groups is 2. The summed E-state index contributed by atoms with van der Waals surface area (Å²) in [5.41, 5.74) is 0. The molecule has 0 aromatic heterocycles. The van der Waals surface area contributed by atoms with Crippen LogP contribution < -0.4 is 0 Å². The smallest absolute Gasteiger partial charge is 0.303 e. The van der Waals surface area contributed by atoms with Crippen LogP contribution in [0, 0.1) is 0 Å². The lowest BCUT2D eigenvalue weighted by molar-refractivity contribution is -0.921. The predicted molar refractivity (Wildman–Crippen MR) is 90.0 cm³/mol. The SMILES string of the molecule is CC[N+](CC)(CC)CC.O=C(O)CCCCCCCC(=O)O. The van der Waals surface area contributed by atoms with Gasteiger partial charge in [0.1, 0.15) is 0 Å². The van der Waals surface area contributed by atoms with E-state index in [2.05, 4.69) is 27.7 Å². The van der Waals surface area contributed by atoms with Gasteiger partial charge in [-0.15, -0.1) is 0 Å². The van der Waals surface area contributed by atoms with Crippen molar-refractivity contribution < 1.29 is 24.3 Å². The Bertz CT molecular complexity index is 253. The Morgan fingerprint density at radius 3 is 1.09 bits per heavy atom. The summed E-state index contributed by atoms with van der Waals surface area (Å²) in [6, 6.07) is 0. The van der Waals surface area contributed by atoms with Crippen molar-refractivity contribution in [2.75, 3.05) is 26.2 Å². The van der Waals surface area contributed by atoms with Gasteiger partial charge >= 0.3 is 11.9 Å². The minimum absolute atomic E-state index is 0.221. The Labute approximate surface area is 135 Å². The van der Waals surface area contributed by atoms with Crippen molar-refractivity contribution in [3.05, 3.63) is 0 Å². The molecule has 0 aliphatic rings. The topological polar surface area (TPSA) is 74.6 Å². The van der Waals surface area contributed by atoms with E-state index in [1.165, 1.54) is 30.7 Å². The Morgan fingerprint density at radius 1 is 0.636 bits per heavy atom. The monoisotopic (exact) mass is 318 g/mol. The van der Waals surface area contributed by atoms with Gasteiger partial charge in [-0.05, 0) is 40.5 Å². The highest BCUT2D eigenvalue weighted by Crippen LogP contribution is 2.07. The minimum atomic E-state index is -0.759. The second-order valence-corrected chi connectivity index (χ2v) is 5.66. The minimum Gasteiger partial charge on any atom is -0.481 e. The summed E-state index contributed by atoms with van der Waals surface area (Å²) >= 11 is 0. The molecule has 0 aromatic carbocycles. The van der Waals surface area contributed by atoms with Crippen LogP contribution in [0.25, 0.3) is 0 Å². The van der Waals surface area contributed by atoms with Crippen LogP contribution in [0.1, 0.15) is 72.6 Å². The van der Waals surface area contributed by atoms with E-state index in [4.69, 9.17) is 10.2 Å². The number of aliphatic carboxylic acids is 2. The van der Waals surface area contributed by atoms with Gasteiger partial charge in [0.15, 0.2) is 0 Å². The molecule has 0 aromatic rings. The predicted octanol–water partition coefficient (Wildman–Crippen LogP) is 3.77. The zero-order chi connectivity index (χ0) is 17.4. The highest BCUT2D eigenvalue weighted by Gasteiger charge is 2.16. The van der Waals surface area contributed by atoms with Crippen molar-refractivity contribution in [2.24, 2.45) is 0 Å². The standard InChI is InChI=1S/C9H16O4.C8H20N/c10-8(11)6-4-2-1-3-5-7-9(12)13;1-5-9(6-2,7-3)8-4/h1-7H2,(H,10,11)(H,12,13);5-8H2,1-4H3/q;+1. The number of carboxylic acids is 2. The maximum Gasteiger partial charge on any atom is 0.303 e. The van der Waals surface area contributed by atoms with E-state index in [-0.39, 0.29) is 12.8 Å². The number of rotatable bonds is 12. The average Bonchev–Trinajstić information content (AvgIpc) is 2.49. The van der Waals surface area contributed by atoms with Crippen LogP contribution >= 0.6 is 0 Å². The van der Waals surface area contributed by atoms with E-state index >= 15 is 0 Å². The summed E-state index contributed by atoms with van der Waals surface area (Å²) in [4.78, 5) is 20.2. The molecule has 0 unspecified atom stereocenters. The van der Waals surface area contributed by atoms with E-state index in [1.807, 2.05) is 0 Å². The molecular weight excluding hydrogens is 282 g/mol. The number of nitrogens with zero attached hydrogens (tertiary/aromatic N) is 1. The fraction of sp³-hybridized carbons (Fsp3) is 0.882. The van der Waals surface area contributed by atoms with E-state index in [0.717, 1.165) is 19.3 Å².